The maximum atomic E-state index is 11.9. The van der Waals surface area contributed by atoms with Crippen molar-refractivity contribution in [3.8, 4) is 0 Å². The molecule has 1 aromatic heterocycles. The molecule has 0 aromatic carbocycles. The van der Waals surface area contributed by atoms with E-state index in [0.717, 1.165) is 17.7 Å². The Hall–Kier alpha value is -1.51. The summed E-state index contributed by atoms with van der Waals surface area (Å²) in [5.41, 5.74) is 3.08. The summed E-state index contributed by atoms with van der Waals surface area (Å²) in [5, 5.41) is 7.83. The Bertz CT molecular complexity index is 397. The fourth-order valence-electron chi connectivity index (χ4n) is 1.28. The third-order valence-corrected chi connectivity index (χ3v) is 2.31. The maximum Gasteiger partial charge on any atom is 0.168 e. The number of aryl methyl sites for hydroxylation is 2. The van der Waals surface area contributed by atoms with Gasteiger partial charge in [0.15, 0.2) is 5.78 Å². The molecule has 3 nitrogen and oxygen atoms in total. The average molecular weight is 204 g/mol. The Balaban J connectivity index is 2.91. The molecule has 0 unspecified atom stereocenters. The summed E-state index contributed by atoms with van der Waals surface area (Å²) in [7, 11) is 0. The van der Waals surface area contributed by atoms with Crippen molar-refractivity contribution in [3.63, 3.8) is 0 Å². The van der Waals surface area contributed by atoms with Gasteiger partial charge < -0.3 is 0 Å². The SMILES string of the molecule is C=C(CC)CC(=O)c1cc(C)nnc1C. The van der Waals surface area contributed by atoms with E-state index >= 15 is 0 Å². The van der Waals surface area contributed by atoms with Gasteiger partial charge in [-0.2, -0.15) is 10.2 Å². The van der Waals surface area contributed by atoms with Crippen molar-refractivity contribution in [2.24, 2.45) is 0 Å². The number of carbonyl (C=O) groups excluding carboxylic acids is 1. The highest BCUT2D eigenvalue weighted by Gasteiger charge is 2.11. The van der Waals surface area contributed by atoms with E-state index in [1.54, 1.807) is 13.0 Å². The molecule has 1 aromatic rings. The van der Waals surface area contributed by atoms with E-state index in [4.69, 9.17) is 0 Å². The summed E-state index contributed by atoms with van der Waals surface area (Å²) >= 11 is 0. The van der Waals surface area contributed by atoms with Gasteiger partial charge in [-0.05, 0) is 26.3 Å². The van der Waals surface area contributed by atoms with E-state index in [9.17, 15) is 4.79 Å². The largest absolute Gasteiger partial charge is 0.294 e. The Morgan fingerprint density at radius 3 is 2.67 bits per heavy atom. The van der Waals surface area contributed by atoms with Crippen LogP contribution in [0, 0.1) is 13.8 Å². The van der Waals surface area contributed by atoms with Crippen molar-refractivity contribution in [3.05, 3.63) is 35.2 Å². The van der Waals surface area contributed by atoms with Crippen LogP contribution in [0.25, 0.3) is 0 Å². The Morgan fingerprint density at radius 1 is 1.40 bits per heavy atom. The van der Waals surface area contributed by atoms with Crippen LogP contribution in [-0.2, 0) is 0 Å². The first-order chi connectivity index (χ1) is 7.04. The van der Waals surface area contributed by atoms with Crippen LogP contribution in [0.5, 0.6) is 0 Å². The number of ketones is 1. The molecule has 80 valence electrons. The lowest BCUT2D eigenvalue weighted by Gasteiger charge is -2.05. The van der Waals surface area contributed by atoms with E-state index in [1.165, 1.54) is 0 Å². The van der Waals surface area contributed by atoms with Crippen molar-refractivity contribution in [1.29, 1.82) is 0 Å². The number of rotatable bonds is 4. The predicted octanol–water partition coefficient (Wildman–Crippen LogP) is 2.63. The van der Waals surface area contributed by atoms with Crippen LogP contribution in [0.15, 0.2) is 18.2 Å². The van der Waals surface area contributed by atoms with Crippen LogP contribution >= 0.6 is 0 Å². The topological polar surface area (TPSA) is 42.9 Å². The van der Waals surface area contributed by atoms with E-state index in [2.05, 4.69) is 16.8 Å². The standard InChI is InChI=1S/C12H16N2O/c1-5-8(2)6-12(15)11-7-9(3)13-14-10(11)4/h7H,2,5-6H2,1,3-4H3. The second-order valence-corrected chi connectivity index (χ2v) is 3.69. The number of nitrogens with zero attached hydrogens (tertiary/aromatic N) is 2. The van der Waals surface area contributed by atoms with Gasteiger partial charge in [-0.25, -0.2) is 0 Å². The molecule has 0 saturated carbocycles. The summed E-state index contributed by atoms with van der Waals surface area (Å²) in [4.78, 5) is 11.9. The molecule has 0 aliphatic rings. The molecule has 0 spiro atoms. The molecule has 1 heterocycles. The summed E-state index contributed by atoms with van der Waals surface area (Å²) in [6, 6.07) is 1.79. The Kier molecular flexibility index (Phi) is 3.72. The van der Waals surface area contributed by atoms with Gasteiger partial charge >= 0.3 is 0 Å². The first-order valence-corrected chi connectivity index (χ1v) is 5.05. The van der Waals surface area contributed by atoms with Gasteiger partial charge in [-0.15, -0.1) is 0 Å². The van der Waals surface area contributed by atoms with Crippen LogP contribution in [0.4, 0.5) is 0 Å². The third kappa shape index (κ3) is 2.98. The molecule has 0 aliphatic carbocycles. The monoisotopic (exact) mass is 204 g/mol. The molecule has 0 N–H and O–H groups in total. The van der Waals surface area contributed by atoms with Gasteiger partial charge in [0.05, 0.1) is 11.4 Å². The van der Waals surface area contributed by atoms with E-state index < -0.39 is 0 Å². The molecular weight excluding hydrogens is 188 g/mol. The molecule has 15 heavy (non-hydrogen) atoms. The smallest absolute Gasteiger partial charge is 0.168 e. The van der Waals surface area contributed by atoms with Crippen molar-refractivity contribution in [2.45, 2.75) is 33.6 Å². The van der Waals surface area contributed by atoms with Crippen molar-refractivity contribution < 1.29 is 4.79 Å². The molecule has 0 atom stereocenters. The van der Waals surface area contributed by atoms with Gasteiger partial charge in [0.25, 0.3) is 0 Å². The lowest BCUT2D eigenvalue weighted by atomic mass is 10.0. The number of Topliss-reactive ketones (excluding diaryl/α,β-unsaturated/α-hetero) is 1. The van der Waals surface area contributed by atoms with E-state index in [0.29, 0.717) is 17.7 Å². The van der Waals surface area contributed by atoms with Gasteiger partial charge in [0.2, 0.25) is 0 Å². The van der Waals surface area contributed by atoms with Crippen LogP contribution in [0.1, 0.15) is 41.5 Å². The molecule has 0 amide bonds. The quantitative estimate of drug-likeness (QED) is 0.559. The number of allylic oxidation sites excluding steroid dienone is 1. The second kappa shape index (κ2) is 4.82. The van der Waals surface area contributed by atoms with Gasteiger partial charge in [-0.3, -0.25) is 4.79 Å². The van der Waals surface area contributed by atoms with Gasteiger partial charge in [0.1, 0.15) is 0 Å². The first kappa shape index (κ1) is 11.6. The predicted molar refractivity (Wildman–Crippen MR) is 59.9 cm³/mol. The number of aromatic nitrogens is 2. The highest BCUT2D eigenvalue weighted by molar-refractivity contribution is 5.98. The third-order valence-electron chi connectivity index (χ3n) is 2.31. The number of carbonyl (C=O) groups is 1. The lowest BCUT2D eigenvalue weighted by Crippen LogP contribution is -2.06. The van der Waals surface area contributed by atoms with Crippen molar-refractivity contribution >= 4 is 5.78 Å². The molecular formula is C12H16N2O. The molecule has 0 aliphatic heterocycles. The van der Waals surface area contributed by atoms with Crippen LogP contribution in [0.3, 0.4) is 0 Å². The number of hydrogen-bond acceptors (Lipinski definition) is 3. The molecule has 0 saturated heterocycles. The molecule has 0 bridgehead atoms. The van der Waals surface area contributed by atoms with Crippen molar-refractivity contribution in [1.82, 2.24) is 10.2 Å². The minimum absolute atomic E-state index is 0.0809. The summed E-state index contributed by atoms with van der Waals surface area (Å²) < 4.78 is 0. The zero-order chi connectivity index (χ0) is 11.4. The van der Waals surface area contributed by atoms with Crippen LogP contribution in [-0.4, -0.2) is 16.0 Å². The highest BCUT2D eigenvalue weighted by atomic mass is 16.1. The van der Waals surface area contributed by atoms with E-state index in [-0.39, 0.29) is 5.78 Å². The minimum Gasteiger partial charge on any atom is -0.294 e. The minimum atomic E-state index is 0.0809. The zero-order valence-electron chi connectivity index (χ0n) is 9.50. The Morgan fingerprint density at radius 2 is 2.07 bits per heavy atom. The summed E-state index contributed by atoms with van der Waals surface area (Å²) in [6.07, 6.45) is 1.24. The molecule has 3 heteroatoms. The molecule has 0 radical (unpaired) electrons. The normalized spacial score (nSPS) is 10.1. The molecule has 1 rings (SSSR count). The maximum absolute atomic E-state index is 11.9. The van der Waals surface area contributed by atoms with Crippen LogP contribution in [0.2, 0.25) is 0 Å². The lowest BCUT2D eigenvalue weighted by molar-refractivity contribution is 0.0991. The second-order valence-electron chi connectivity index (χ2n) is 3.69. The zero-order valence-corrected chi connectivity index (χ0v) is 9.50. The summed E-state index contributed by atoms with van der Waals surface area (Å²) in [5.74, 6) is 0.0809. The first-order valence-electron chi connectivity index (χ1n) is 5.05. The highest BCUT2D eigenvalue weighted by Crippen LogP contribution is 2.13. The fraction of sp³-hybridized carbons (Fsp3) is 0.417. The summed E-state index contributed by atoms with van der Waals surface area (Å²) in [6.45, 7) is 9.46. The Labute approximate surface area is 90.2 Å². The molecule has 0 fully saturated rings. The average Bonchev–Trinajstić information content (AvgIpc) is 2.21. The fourth-order valence-corrected chi connectivity index (χ4v) is 1.28. The number of hydrogen-bond donors (Lipinski definition) is 0. The van der Waals surface area contributed by atoms with Crippen molar-refractivity contribution in [2.75, 3.05) is 0 Å². The van der Waals surface area contributed by atoms with Gasteiger partial charge in [-0.1, -0.05) is 19.1 Å². The van der Waals surface area contributed by atoms with E-state index in [1.807, 2.05) is 13.8 Å². The van der Waals surface area contributed by atoms with Crippen LogP contribution < -0.4 is 0 Å². The van der Waals surface area contributed by atoms with Gasteiger partial charge in [0, 0.05) is 12.0 Å².